The zero-order chi connectivity index (χ0) is 14.0. The Bertz CT molecular complexity index is 471. The smallest absolute Gasteiger partial charge is 0.231 e. The van der Waals surface area contributed by atoms with Crippen molar-refractivity contribution >= 4 is 0 Å². The number of benzene rings is 1. The molecule has 1 aliphatic heterocycles. The Morgan fingerprint density at radius 3 is 2.85 bits per heavy atom. The van der Waals surface area contributed by atoms with Gasteiger partial charge in [-0.1, -0.05) is 6.07 Å². The van der Waals surface area contributed by atoms with E-state index >= 15 is 0 Å². The molecule has 0 amide bonds. The number of nitrogens with one attached hydrogen (secondary N) is 1. The van der Waals surface area contributed by atoms with Gasteiger partial charge in [-0.3, -0.25) is 0 Å². The molecule has 110 valence electrons. The molecule has 0 saturated heterocycles. The highest BCUT2D eigenvalue weighted by atomic mass is 16.7. The van der Waals surface area contributed by atoms with Crippen molar-refractivity contribution in [3.05, 3.63) is 23.8 Å². The summed E-state index contributed by atoms with van der Waals surface area (Å²) in [6, 6.07) is 6.63. The molecular weight excluding hydrogens is 254 g/mol. The number of fused-ring (bicyclic) bond motifs is 1. The van der Waals surface area contributed by atoms with Crippen LogP contribution in [0.4, 0.5) is 0 Å². The summed E-state index contributed by atoms with van der Waals surface area (Å²) in [6.45, 7) is 3.79. The molecule has 4 heteroatoms. The van der Waals surface area contributed by atoms with Crippen LogP contribution in [0.15, 0.2) is 18.2 Å². The Morgan fingerprint density at radius 2 is 2.10 bits per heavy atom. The second kappa shape index (κ2) is 5.62. The molecule has 1 atom stereocenters. The molecule has 0 bridgehead atoms. The summed E-state index contributed by atoms with van der Waals surface area (Å²) in [7, 11) is 0. The first-order valence-electron chi connectivity index (χ1n) is 7.44. The van der Waals surface area contributed by atoms with Crippen molar-refractivity contribution in [2.45, 2.75) is 38.6 Å². The monoisotopic (exact) mass is 277 g/mol. The standard InChI is InChI=1S/C16H23NO3/c1-12(17-9-16(10-18)6-7-16)2-3-13-4-5-14-15(8-13)20-11-19-14/h4-5,8,12,17-18H,2-3,6-7,9-11H2,1H3. The average Bonchev–Trinajstić information content (AvgIpc) is 3.11. The lowest BCUT2D eigenvalue weighted by molar-refractivity contribution is 0.174. The van der Waals surface area contributed by atoms with Crippen molar-refractivity contribution in [1.29, 1.82) is 0 Å². The van der Waals surface area contributed by atoms with Gasteiger partial charge < -0.3 is 19.9 Å². The summed E-state index contributed by atoms with van der Waals surface area (Å²) in [5, 5.41) is 12.8. The molecule has 1 aromatic rings. The lowest BCUT2D eigenvalue weighted by Crippen LogP contribution is -2.33. The third-order valence-corrected chi connectivity index (χ3v) is 4.42. The Balaban J connectivity index is 1.44. The highest BCUT2D eigenvalue weighted by Gasteiger charge is 2.41. The second-order valence-corrected chi connectivity index (χ2v) is 6.17. The first kappa shape index (κ1) is 13.7. The van der Waals surface area contributed by atoms with Gasteiger partial charge in [-0.25, -0.2) is 0 Å². The van der Waals surface area contributed by atoms with Crippen LogP contribution in [-0.2, 0) is 6.42 Å². The van der Waals surface area contributed by atoms with Crippen LogP contribution >= 0.6 is 0 Å². The molecule has 1 unspecified atom stereocenters. The van der Waals surface area contributed by atoms with E-state index in [9.17, 15) is 5.11 Å². The van der Waals surface area contributed by atoms with Gasteiger partial charge in [-0.15, -0.1) is 0 Å². The minimum atomic E-state index is 0.188. The molecule has 20 heavy (non-hydrogen) atoms. The molecular formula is C16H23NO3. The van der Waals surface area contributed by atoms with Gasteiger partial charge in [-0.05, 0) is 50.3 Å². The zero-order valence-corrected chi connectivity index (χ0v) is 12.0. The van der Waals surface area contributed by atoms with Crippen LogP contribution in [-0.4, -0.2) is 31.1 Å². The third-order valence-electron chi connectivity index (χ3n) is 4.42. The lowest BCUT2D eigenvalue weighted by Gasteiger charge is -2.18. The normalized spacial score (nSPS) is 19.9. The van der Waals surface area contributed by atoms with E-state index in [1.165, 1.54) is 5.56 Å². The number of aliphatic hydroxyl groups is 1. The molecule has 1 aromatic carbocycles. The van der Waals surface area contributed by atoms with Crippen molar-refractivity contribution in [1.82, 2.24) is 5.32 Å². The van der Waals surface area contributed by atoms with Gasteiger partial charge in [-0.2, -0.15) is 0 Å². The molecule has 1 heterocycles. The van der Waals surface area contributed by atoms with Crippen molar-refractivity contribution in [3.63, 3.8) is 0 Å². The van der Waals surface area contributed by atoms with Crippen LogP contribution in [0.5, 0.6) is 11.5 Å². The summed E-state index contributed by atoms with van der Waals surface area (Å²) < 4.78 is 10.7. The highest BCUT2D eigenvalue weighted by Crippen LogP contribution is 2.44. The minimum Gasteiger partial charge on any atom is -0.454 e. The van der Waals surface area contributed by atoms with E-state index in [-0.39, 0.29) is 5.41 Å². The SMILES string of the molecule is CC(CCc1ccc2c(c1)OCO2)NCC1(CO)CC1. The Morgan fingerprint density at radius 1 is 1.30 bits per heavy atom. The Labute approximate surface area is 120 Å². The maximum atomic E-state index is 9.30. The number of aryl methyl sites for hydroxylation is 1. The first-order valence-corrected chi connectivity index (χ1v) is 7.44. The van der Waals surface area contributed by atoms with Crippen molar-refractivity contribution < 1.29 is 14.6 Å². The van der Waals surface area contributed by atoms with E-state index in [0.29, 0.717) is 19.4 Å². The molecule has 2 N–H and O–H groups in total. The molecule has 3 rings (SSSR count). The van der Waals surface area contributed by atoms with Crippen LogP contribution in [0, 0.1) is 5.41 Å². The third kappa shape index (κ3) is 3.07. The number of aliphatic hydroxyl groups excluding tert-OH is 1. The molecule has 2 aliphatic rings. The molecule has 0 aromatic heterocycles. The van der Waals surface area contributed by atoms with Crippen LogP contribution in [0.3, 0.4) is 0 Å². The van der Waals surface area contributed by atoms with Crippen molar-refractivity contribution in [3.8, 4) is 11.5 Å². The number of hydrogen-bond donors (Lipinski definition) is 2. The van der Waals surface area contributed by atoms with Crippen molar-refractivity contribution in [2.24, 2.45) is 5.41 Å². The summed E-state index contributed by atoms with van der Waals surface area (Å²) in [6.07, 6.45) is 4.43. The van der Waals surface area contributed by atoms with E-state index in [0.717, 1.165) is 43.7 Å². The van der Waals surface area contributed by atoms with Crippen LogP contribution < -0.4 is 14.8 Å². The van der Waals surface area contributed by atoms with E-state index < -0.39 is 0 Å². The fraction of sp³-hybridized carbons (Fsp3) is 0.625. The number of hydrogen-bond acceptors (Lipinski definition) is 4. The van der Waals surface area contributed by atoms with Gasteiger partial charge in [0, 0.05) is 24.6 Å². The largest absolute Gasteiger partial charge is 0.454 e. The second-order valence-electron chi connectivity index (χ2n) is 6.17. The van der Waals surface area contributed by atoms with Gasteiger partial charge in [0.2, 0.25) is 6.79 Å². The van der Waals surface area contributed by atoms with E-state index in [1.807, 2.05) is 6.07 Å². The Hall–Kier alpha value is -1.26. The number of rotatable bonds is 7. The van der Waals surface area contributed by atoms with Crippen LogP contribution in [0.1, 0.15) is 31.7 Å². The van der Waals surface area contributed by atoms with Gasteiger partial charge in [0.15, 0.2) is 11.5 Å². The predicted octanol–water partition coefficient (Wildman–Crippen LogP) is 2.10. The highest BCUT2D eigenvalue weighted by molar-refractivity contribution is 5.44. The number of ether oxygens (including phenoxy) is 2. The van der Waals surface area contributed by atoms with Crippen molar-refractivity contribution in [2.75, 3.05) is 19.9 Å². The fourth-order valence-corrected chi connectivity index (χ4v) is 2.54. The maximum Gasteiger partial charge on any atom is 0.231 e. The first-order chi connectivity index (χ1) is 9.71. The van der Waals surface area contributed by atoms with Gasteiger partial charge in [0.05, 0.1) is 0 Å². The van der Waals surface area contributed by atoms with Crippen LogP contribution in [0.2, 0.25) is 0 Å². The Kier molecular flexibility index (Phi) is 3.85. The maximum absolute atomic E-state index is 9.30. The van der Waals surface area contributed by atoms with E-state index in [4.69, 9.17) is 9.47 Å². The minimum absolute atomic E-state index is 0.188. The quantitative estimate of drug-likeness (QED) is 0.801. The van der Waals surface area contributed by atoms with Gasteiger partial charge >= 0.3 is 0 Å². The topological polar surface area (TPSA) is 50.7 Å². The molecule has 0 spiro atoms. The predicted molar refractivity (Wildman–Crippen MR) is 77.1 cm³/mol. The van der Waals surface area contributed by atoms with Crippen LogP contribution in [0.25, 0.3) is 0 Å². The molecule has 0 radical (unpaired) electrons. The zero-order valence-electron chi connectivity index (χ0n) is 12.0. The van der Waals surface area contributed by atoms with Gasteiger partial charge in [0.1, 0.15) is 0 Å². The molecule has 4 nitrogen and oxygen atoms in total. The summed E-state index contributed by atoms with van der Waals surface area (Å²) in [5.41, 5.74) is 1.47. The summed E-state index contributed by atoms with van der Waals surface area (Å²) in [5.74, 6) is 1.71. The molecule has 1 fully saturated rings. The molecule has 1 saturated carbocycles. The fourth-order valence-electron chi connectivity index (χ4n) is 2.54. The lowest BCUT2D eigenvalue weighted by atomic mass is 10.0. The molecule has 1 aliphatic carbocycles. The van der Waals surface area contributed by atoms with E-state index in [2.05, 4.69) is 24.4 Å². The van der Waals surface area contributed by atoms with E-state index in [1.54, 1.807) is 0 Å². The summed E-state index contributed by atoms with van der Waals surface area (Å²) in [4.78, 5) is 0. The van der Waals surface area contributed by atoms with Gasteiger partial charge in [0.25, 0.3) is 0 Å². The average molecular weight is 277 g/mol. The summed E-state index contributed by atoms with van der Waals surface area (Å²) >= 11 is 0.